The molecule has 0 aliphatic carbocycles. The number of amides is 1. The van der Waals surface area contributed by atoms with Crippen molar-refractivity contribution in [3.63, 3.8) is 0 Å². The van der Waals surface area contributed by atoms with Gasteiger partial charge >= 0.3 is 6.09 Å². The minimum Gasteiger partial charge on any atom is -0.440 e. The molecule has 2 aromatic rings. The van der Waals surface area contributed by atoms with Crippen LogP contribution in [0.15, 0.2) is 24.5 Å². The maximum atomic E-state index is 12.9. The van der Waals surface area contributed by atoms with E-state index < -0.39 is 24.4 Å². The molecule has 0 aliphatic rings. The summed E-state index contributed by atoms with van der Waals surface area (Å²) in [6, 6.07) is 4.44. The van der Waals surface area contributed by atoms with Crippen LogP contribution in [0, 0.1) is 0 Å². The van der Waals surface area contributed by atoms with Gasteiger partial charge in [-0.2, -0.15) is 5.10 Å². The molecule has 4 N–H and O–H groups in total. The Balaban J connectivity index is 2.46. The van der Waals surface area contributed by atoms with Crippen LogP contribution in [0.4, 0.5) is 13.6 Å². The lowest BCUT2D eigenvalue weighted by Crippen LogP contribution is -2.23. The summed E-state index contributed by atoms with van der Waals surface area (Å²) in [4.78, 5) is 14.3. The molecule has 10 heteroatoms. The monoisotopic (exact) mass is 331 g/mol. The third-order valence-corrected chi connectivity index (χ3v) is 3.13. The van der Waals surface area contributed by atoms with Crippen molar-refractivity contribution < 1.29 is 18.3 Å². The molecule has 0 fully saturated rings. The van der Waals surface area contributed by atoms with E-state index in [9.17, 15) is 13.6 Å². The van der Waals surface area contributed by atoms with E-state index in [2.05, 4.69) is 10.1 Å². The number of rotatable bonds is 5. The Morgan fingerprint density at radius 2 is 2.18 bits per heavy atom. The summed E-state index contributed by atoms with van der Waals surface area (Å²) < 4.78 is 31.6. The first-order valence-corrected chi connectivity index (χ1v) is 6.46. The first-order chi connectivity index (χ1) is 10.4. The number of nitrogens with zero attached hydrogens (tertiary/aromatic N) is 3. The van der Waals surface area contributed by atoms with E-state index in [4.69, 9.17) is 27.8 Å². The zero-order valence-corrected chi connectivity index (χ0v) is 11.9. The Morgan fingerprint density at radius 3 is 2.77 bits per heavy atom. The lowest BCUT2D eigenvalue weighted by atomic mass is 10.1. The van der Waals surface area contributed by atoms with Gasteiger partial charge in [-0.1, -0.05) is 17.7 Å². The molecule has 0 saturated carbocycles. The molecular weight excluding hydrogens is 320 g/mol. The second-order valence-corrected chi connectivity index (χ2v) is 4.61. The number of nitrogens with two attached hydrogens (primary N) is 2. The summed E-state index contributed by atoms with van der Waals surface area (Å²) in [5.74, 6) is -0.556. The smallest absolute Gasteiger partial charge is 0.405 e. The van der Waals surface area contributed by atoms with Crippen molar-refractivity contribution >= 4 is 17.7 Å². The zero-order valence-electron chi connectivity index (χ0n) is 11.1. The second-order valence-electron chi connectivity index (χ2n) is 4.20. The third kappa shape index (κ3) is 3.31. The number of benzene rings is 1. The van der Waals surface area contributed by atoms with E-state index in [1.807, 2.05) is 0 Å². The van der Waals surface area contributed by atoms with Gasteiger partial charge in [0.05, 0.1) is 10.7 Å². The minimum atomic E-state index is -2.82. The molecule has 1 atom stereocenters. The highest BCUT2D eigenvalue weighted by atomic mass is 35.5. The Bertz CT molecular complexity index is 679. The van der Waals surface area contributed by atoms with Crippen LogP contribution in [0.25, 0.3) is 5.69 Å². The SMILES string of the molecule is NCC(OC(N)=O)c1ccc(Cl)c(-n2ncnc2C(F)F)c1. The van der Waals surface area contributed by atoms with E-state index in [1.165, 1.54) is 12.1 Å². The van der Waals surface area contributed by atoms with E-state index in [0.717, 1.165) is 11.0 Å². The quantitative estimate of drug-likeness (QED) is 0.870. The third-order valence-electron chi connectivity index (χ3n) is 2.81. The van der Waals surface area contributed by atoms with Crippen molar-refractivity contribution in [3.05, 3.63) is 40.9 Å². The van der Waals surface area contributed by atoms with E-state index in [1.54, 1.807) is 6.07 Å². The van der Waals surface area contributed by atoms with Gasteiger partial charge in [0.15, 0.2) is 5.82 Å². The topological polar surface area (TPSA) is 109 Å². The van der Waals surface area contributed by atoms with Crippen molar-refractivity contribution in [3.8, 4) is 5.69 Å². The Morgan fingerprint density at radius 1 is 1.45 bits per heavy atom. The fourth-order valence-electron chi connectivity index (χ4n) is 1.87. The number of hydrogen-bond acceptors (Lipinski definition) is 5. The van der Waals surface area contributed by atoms with Crippen LogP contribution in [-0.2, 0) is 4.74 Å². The molecule has 118 valence electrons. The van der Waals surface area contributed by atoms with Crippen molar-refractivity contribution in [2.45, 2.75) is 12.5 Å². The fraction of sp³-hybridized carbons (Fsp3) is 0.250. The maximum Gasteiger partial charge on any atom is 0.405 e. The van der Waals surface area contributed by atoms with Crippen LogP contribution in [-0.4, -0.2) is 27.4 Å². The molecule has 0 saturated heterocycles. The van der Waals surface area contributed by atoms with Gasteiger partial charge in [-0.3, -0.25) is 0 Å². The van der Waals surface area contributed by atoms with Crippen LogP contribution >= 0.6 is 11.6 Å². The average molecular weight is 332 g/mol. The number of halogens is 3. The first-order valence-electron chi connectivity index (χ1n) is 6.08. The second kappa shape index (κ2) is 6.67. The number of hydrogen-bond donors (Lipinski definition) is 2. The summed E-state index contributed by atoms with van der Waals surface area (Å²) in [7, 11) is 0. The summed E-state index contributed by atoms with van der Waals surface area (Å²) >= 11 is 6.02. The first kappa shape index (κ1) is 16.1. The van der Waals surface area contributed by atoms with Crippen LogP contribution < -0.4 is 11.5 Å². The fourth-order valence-corrected chi connectivity index (χ4v) is 2.07. The van der Waals surface area contributed by atoms with Crippen LogP contribution in [0.1, 0.15) is 23.9 Å². The number of carbonyl (C=O) groups is 1. The molecule has 0 spiro atoms. The maximum absolute atomic E-state index is 12.9. The number of primary amides is 1. The van der Waals surface area contributed by atoms with Crippen molar-refractivity contribution in [2.75, 3.05) is 6.54 Å². The molecule has 1 amide bonds. The van der Waals surface area contributed by atoms with Crippen molar-refractivity contribution in [1.29, 1.82) is 0 Å². The van der Waals surface area contributed by atoms with Gasteiger partial charge in [0.1, 0.15) is 12.4 Å². The summed E-state index contributed by atoms with van der Waals surface area (Å²) in [5, 5.41) is 3.91. The molecule has 1 heterocycles. The predicted molar refractivity (Wildman–Crippen MR) is 73.8 cm³/mol. The summed E-state index contributed by atoms with van der Waals surface area (Å²) in [6.07, 6.45) is -3.66. The number of alkyl halides is 2. The predicted octanol–water partition coefficient (Wildman–Crippen LogP) is 1.95. The standard InChI is InChI=1S/C12H12ClF2N5O2/c13-7-2-1-6(9(4-16)22-12(17)21)3-8(7)20-11(10(14)15)18-5-19-20/h1-3,5,9-10H,4,16H2,(H2,17,21). The molecule has 22 heavy (non-hydrogen) atoms. The molecule has 0 aliphatic heterocycles. The van der Waals surface area contributed by atoms with Gasteiger partial charge in [-0.15, -0.1) is 0 Å². The highest BCUT2D eigenvalue weighted by molar-refractivity contribution is 6.32. The van der Waals surface area contributed by atoms with Crippen LogP contribution in [0.5, 0.6) is 0 Å². The van der Waals surface area contributed by atoms with Crippen LogP contribution in [0.3, 0.4) is 0 Å². The highest BCUT2D eigenvalue weighted by Gasteiger charge is 2.20. The Kier molecular flexibility index (Phi) is 4.88. The number of aromatic nitrogens is 3. The van der Waals surface area contributed by atoms with Gasteiger partial charge in [0.2, 0.25) is 0 Å². The van der Waals surface area contributed by atoms with Gasteiger partial charge < -0.3 is 16.2 Å². The van der Waals surface area contributed by atoms with Crippen molar-refractivity contribution in [1.82, 2.24) is 14.8 Å². The molecule has 1 aromatic heterocycles. The van der Waals surface area contributed by atoms with E-state index >= 15 is 0 Å². The molecule has 2 rings (SSSR count). The summed E-state index contributed by atoms with van der Waals surface area (Å²) in [5.41, 5.74) is 11.1. The van der Waals surface area contributed by atoms with Gasteiger partial charge in [-0.25, -0.2) is 23.2 Å². The largest absolute Gasteiger partial charge is 0.440 e. The lowest BCUT2D eigenvalue weighted by Gasteiger charge is -2.17. The van der Waals surface area contributed by atoms with Crippen LogP contribution in [0.2, 0.25) is 5.02 Å². The molecule has 0 radical (unpaired) electrons. The summed E-state index contributed by atoms with van der Waals surface area (Å²) in [6.45, 7) is -0.0386. The molecule has 1 unspecified atom stereocenters. The Labute approximate surface area is 128 Å². The zero-order chi connectivity index (χ0) is 16.3. The average Bonchev–Trinajstić information content (AvgIpc) is 2.94. The Hall–Kier alpha value is -2.26. The lowest BCUT2D eigenvalue weighted by molar-refractivity contribution is 0.111. The van der Waals surface area contributed by atoms with Gasteiger partial charge in [0, 0.05) is 6.54 Å². The number of carbonyl (C=O) groups excluding carboxylic acids is 1. The normalized spacial score (nSPS) is 12.4. The van der Waals surface area contributed by atoms with Gasteiger partial charge in [-0.05, 0) is 17.7 Å². The van der Waals surface area contributed by atoms with Crippen molar-refractivity contribution in [2.24, 2.45) is 11.5 Å². The van der Waals surface area contributed by atoms with E-state index in [0.29, 0.717) is 5.56 Å². The van der Waals surface area contributed by atoms with Gasteiger partial charge in [0.25, 0.3) is 6.43 Å². The number of ether oxygens (including phenoxy) is 1. The molecule has 7 nitrogen and oxygen atoms in total. The highest BCUT2D eigenvalue weighted by Crippen LogP contribution is 2.28. The van der Waals surface area contributed by atoms with E-state index in [-0.39, 0.29) is 17.3 Å². The minimum absolute atomic E-state index is 0.0386. The molecular formula is C12H12ClF2N5O2. The molecule has 0 bridgehead atoms. The molecule has 1 aromatic carbocycles.